The number of rotatable bonds is 2. The Kier molecular flexibility index (Phi) is 3.24. The summed E-state index contributed by atoms with van der Waals surface area (Å²) in [6.45, 7) is 0. The highest BCUT2D eigenvalue weighted by Crippen LogP contribution is 2.27. The first-order valence-corrected chi connectivity index (χ1v) is 5.59. The molecule has 1 aromatic heterocycles. The van der Waals surface area contributed by atoms with Gasteiger partial charge in [-0.05, 0) is 18.2 Å². The molecule has 0 unspecified atom stereocenters. The van der Waals surface area contributed by atoms with Crippen LogP contribution in [0.25, 0.3) is 11.4 Å². The maximum Gasteiger partial charge on any atom is 0.341 e. The van der Waals surface area contributed by atoms with E-state index in [1.165, 1.54) is 18.2 Å². The van der Waals surface area contributed by atoms with E-state index in [0.717, 1.165) is 6.20 Å². The number of hydrogen-bond donors (Lipinski definition) is 2. The van der Waals surface area contributed by atoms with Gasteiger partial charge in [-0.2, -0.15) is 0 Å². The minimum absolute atomic E-state index is 0.156. The van der Waals surface area contributed by atoms with Crippen molar-refractivity contribution >= 4 is 27.7 Å². The van der Waals surface area contributed by atoms with Crippen LogP contribution >= 0.6 is 15.9 Å². The zero-order chi connectivity index (χ0) is 13.3. The zero-order valence-electron chi connectivity index (χ0n) is 8.89. The maximum absolute atomic E-state index is 13.1. The number of aromatic carboxylic acids is 1. The normalized spacial score (nSPS) is 10.3. The number of benzene rings is 1. The predicted molar refractivity (Wildman–Crippen MR) is 66.5 cm³/mol. The molecule has 0 radical (unpaired) electrons. The number of carboxylic acids is 1. The molecule has 0 bridgehead atoms. The molecule has 2 aromatic rings. The lowest BCUT2D eigenvalue weighted by Gasteiger charge is -2.05. The monoisotopic (exact) mass is 311 g/mol. The van der Waals surface area contributed by atoms with Gasteiger partial charge in [0.2, 0.25) is 0 Å². The highest BCUT2D eigenvalue weighted by Gasteiger charge is 2.13. The van der Waals surface area contributed by atoms with Crippen LogP contribution in [0.1, 0.15) is 10.4 Å². The molecule has 0 atom stereocenters. The van der Waals surface area contributed by atoms with Gasteiger partial charge in [0.25, 0.3) is 0 Å². The predicted octanol–water partition coefficient (Wildman–Crippen LogP) is 2.33. The average molecular weight is 312 g/mol. The molecule has 0 saturated carbocycles. The summed E-state index contributed by atoms with van der Waals surface area (Å²) in [5, 5.41) is 8.80. The van der Waals surface area contributed by atoms with Crippen molar-refractivity contribution in [3.63, 3.8) is 0 Å². The molecule has 1 aromatic carbocycles. The summed E-state index contributed by atoms with van der Waals surface area (Å²) in [4.78, 5) is 18.5. The number of aromatic nitrogens is 2. The van der Waals surface area contributed by atoms with Gasteiger partial charge in [0.05, 0.1) is 0 Å². The number of carbonyl (C=O) groups is 1. The van der Waals surface area contributed by atoms with E-state index in [1.54, 1.807) is 0 Å². The average Bonchev–Trinajstić information content (AvgIpc) is 2.31. The Hall–Kier alpha value is -2.02. The minimum Gasteiger partial charge on any atom is -0.477 e. The van der Waals surface area contributed by atoms with E-state index in [2.05, 4.69) is 25.9 Å². The van der Waals surface area contributed by atoms with Crippen molar-refractivity contribution in [1.82, 2.24) is 9.97 Å². The lowest BCUT2D eigenvalue weighted by molar-refractivity contribution is 0.0697. The molecular weight excluding hydrogens is 305 g/mol. The van der Waals surface area contributed by atoms with Crippen molar-refractivity contribution in [2.24, 2.45) is 0 Å². The molecule has 0 aliphatic rings. The van der Waals surface area contributed by atoms with Crippen molar-refractivity contribution in [2.45, 2.75) is 0 Å². The van der Waals surface area contributed by atoms with Crippen LogP contribution in [0.3, 0.4) is 0 Å². The summed E-state index contributed by atoms with van der Waals surface area (Å²) in [6, 6.07) is 4.02. The van der Waals surface area contributed by atoms with Crippen LogP contribution in [-0.2, 0) is 0 Å². The molecule has 5 nitrogen and oxygen atoms in total. The molecule has 0 amide bonds. The molecule has 1 heterocycles. The second-order valence-corrected chi connectivity index (χ2v) is 4.28. The molecule has 0 saturated heterocycles. The molecule has 7 heteroatoms. The van der Waals surface area contributed by atoms with Crippen LogP contribution in [0, 0.1) is 5.82 Å². The van der Waals surface area contributed by atoms with Gasteiger partial charge in [-0.25, -0.2) is 19.2 Å². The number of carboxylic acid groups (broad SMARTS) is 1. The highest BCUT2D eigenvalue weighted by atomic mass is 79.9. The minimum atomic E-state index is -1.21. The summed E-state index contributed by atoms with van der Waals surface area (Å²) >= 11 is 3.24. The maximum atomic E-state index is 13.1. The lowest BCUT2D eigenvalue weighted by Crippen LogP contribution is -2.06. The quantitative estimate of drug-likeness (QED) is 0.888. The molecular formula is C11H7BrFN3O2. The third-order valence-corrected chi connectivity index (χ3v) is 2.91. The van der Waals surface area contributed by atoms with E-state index in [1.807, 2.05) is 0 Å². The fourth-order valence-corrected chi connectivity index (χ4v) is 1.78. The van der Waals surface area contributed by atoms with Gasteiger partial charge in [0, 0.05) is 16.2 Å². The first kappa shape index (κ1) is 12.4. The van der Waals surface area contributed by atoms with E-state index in [4.69, 9.17) is 10.8 Å². The smallest absolute Gasteiger partial charge is 0.341 e. The van der Waals surface area contributed by atoms with Crippen LogP contribution in [0.15, 0.2) is 28.9 Å². The molecule has 0 aliphatic heterocycles. The Balaban J connectivity index is 2.55. The summed E-state index contributed by atoms with van der Waals surface area (Å²) in [6.07, 6.45) is 1.09. The van der Waals surface area contributed by atoms with Crippen LogP contribution in [0.5, 0.6) is 0 Å². The Morgan fingerprint density at radius 3 is 2.78 bits per heavy atom. The van der Waals surface area contributed by atoms with Gasteiger partial charge in [-0.3, -0.25) is 0 Å². The molecule has 92 valence electrons. The SMILES string of the molecule is Nc1nc(-c2cc(F)ccc2Br)ncc1C(=O)O. The number of hydrogen-bond acceptors (Lipinski definition) is 4. The van der Waals surface area contributed by atoms with Crippen molar-refractivity contribution in [3.05, 3.63) is 40.2 Å². The van der Waals surface area contributed by atoms with Crippen molar-refractivity contribution < 1.29 is 14.3 Å². The van der Waals surface area contributed by atoms with E-state index in [0.29, 0.717) is 10.0 Å². The number of nitrogen functional groups attached to an aromatic ring is 1. The second kappa shape index (κ2) is 4.69. The lowest BCUT2D eigenvalue weighted by atomic mass is 10.2. The second-order valence-electron chi connectivity index (χ2n) is 3.42. The fraction of sp³-hybridized carbons (Fsp3) is 0. The van der Waals surface area contributed by atoms with Gasteiger partial charge in [-0.1, -0.05) is 15.9 Å². The van der Waals surface area contributed by atoms with Crippen LogP contribution in [-0.4, -0.2) is 21.0 Å². The molecule has 0 aliphatic carbocycles. The van der Waals surface area contributed by atoms with Crippen LogP contribution in [0.2, 0.25) is 0 Å². The number of nitrogens with zero attached hydrogens (tertiary/aromatic N) is 2. The van der Waals surface area contributed by atoms with Gasteiger partial charge >= 0.3 is 5.97 Å². The summed E-state index contributed by atoms with van der Waals surface area (Å²) < 4.78 is 13.7. The molecule has 3 N–H and O–H groups in total. The Labute approximate surface area is 110 Å². The van der Waals surface area contributed by atoms with Gasteiger partial charge in [-0.15, -0.1) is 0 Å². The van der Waals surface area contributed by atoms with Crippen molar-refractivity contribution in [1.29, 1.82) is 0 Å². The summed E-state index contributed by atoms with van der Waals surface area (Å²) in [7, 11) is 0. The number of nitrogens with two attached hydrogens (primary N) is 1. The zero-order valence-corrected chi connectivity index (χ0v) is 10.5. The Morgan fingerprint density at radius 2 is 2.17 bits per heavy atom. The first-order chi connectivity index (χ1) is 8.49. The topological polar surface area (TPSA) is 89.1 Å². The number of halogens is 2. The van der Waals surface area contributed by atoms with Gasteiger partial charge in [0.1, 0.15) is 17.2 Å². The Morgan fingerprint density at radius 1 is 1.44 bits per heavy atom. The van der Waals surface area contributed by atoms with Gasteiger partial charge in [0.15, 0.2) is 5.82 Å². The molecule has 0 fully saturated rings. The summed E-state index contributed by atoms with van der Waals surface area (Å²) in [5.74, 6) is -1.66. The van der Waals surface area contributed by atoms with E-state index >= 15 is 0 Å². The standard InChI is InChI=1S/C11H7BrFN3O2/c12-8-2-1-5(13)3-6(8)10-15-4-7(11(17)18)9(14)16-10/h1-4H,(H,17,18)(H2,14,15,16). The highest BCUT2D eigenvalue weighted by molar-refractivity contribution is 9.10. The Bertz CT molecular complexity index is 634. The van der Waals surface area contributed by atoms with Crippen molar-refractivity contribution in [3.8, 4) is 11.4 Å². The largest absolute Gasteiger partial charge is 0.477 e. The molecule has 18 heavy (non-hydrogen) atoms. The molecule has 0 spiro atoms. The molecule has 2 rings (SSSR count). The van der Waals surface area contributed by atoms with Crippen LogP contribution < -0.4 is 5.73 Å². The van der Waals surface area contributed by atoms with E-state index in [9.17, 15) is 9.18 Å². The van der Waals surface area contributed by atoms with Gasteiger partial charge < -0.3 is 10.8 Å². The van der Waals surface area contributed by atoms with E-state index in [-0.39, 0.29) is 17.2 Å². The van der Waals surface area contributed by atoms with E-state index < -0.39 is 11.8 Å². The third kappa shape index (κ3) is 2.30. The fourth-order valence-electron chi connectivity index (χ4n) is 1.36. The summed E-state index contributed by atoms with van der Waals surface area (Å²) in [5.41, 5.74) is 5.72. The van der Waals surface area contributed by atoms with Crippen LogP contribution in [0.4, 0.5) is 10.2 Å². The first-order valence-electron chi connectivity index (χ1n) is 4.80. The third-order valence-electron chi connectivity index (χ3n) is 2.22. The van der Waals surface area contributed by atoms with Crippen molar-refractivity contribution in [2.75, 3.05) is 5.73 Å². The number of anilines is 1.